The van der Waals surface area contributed by atoms with Crippen LogP contribution in [0.4, 0.5) is 28.4 Å². The highest BCUT2D eigenvalue weighted by molar-refractivity contribution is 6.31. The van der Waals surface area contributed by atoms with Crippen molar-refractivity contribution in [2.75, 3.05) is 15.5 Å². The fourth-order valence-corrected chi connectivity index (χ4v) is 4.49. The molecule has 39 heavy (non-hydrogen) atoms. The molecule has 192 valence electrons. The maximum Gasteiger partial charge on any atom is 0.257 e. The molecule has 5 aromatic rings. The van der Waals surface area contributed by atoms with Gasteiger partial charge in [-0.3, -0.25) is 9.59 Å². The van der Waals surface area contributed by atoms with E-state index < -0.39 is 0 Å². The van der Waals surface area contributed by atoms with E-state index in [0.29, 0.717) is 27.5 Å². The maximum atomic E-state index is 13.6. The summed E-state index contributed by atoms with van der Waals surface area (Å²) in [7, 11) is 0. The van der Waals surface area contributed by atoms with Gasteiger partial charge in [0.1, 0.15) is 0 Å². The average Bonchev–Trinajstić information content (AvgIpc) is 2.97. The lowest BCUT2D eigenvalue weighted by molar-refractivity contribution is 0.101. The number of benzene rings is 5. The van der Waals surface area contributed by atoms with Gasteiger partial charge in [-0.15, -0.1) is 0 Å². The number of hydrogen-bond acceptors (Lipinski definition) is 3. The third-order valence-electron chi connectivity index (χ3n) is 6.32. The Morgan fingerprint density at radius 3 is 1.95 bits per heavy atom. The summed E-state index contributed by atoms with van der Waals surface area (Å²) in [5, 5.41) is 6.44. The third-order valence-corrected chi connectivity index (χ3v) is 6.73. The predicted octanol–water partition coefficient (Wildman–Crippen LogP) is 8.62. The van der Waals surface area contributed by atoms with E-state index in [2.05, 4.69) is 10.6 Å². The molecule has 2 amide bonds. The van der Waals surface area contributed by atoms with Crippen molar-refractivity contribution in [3.05, 3.63) is 149 Å². The Labute approximate surface area is 232 Å². The predicted molar refractivity (Wildman–Crippen MR) is 160 cm³/mol. The highest BCUT2D eigenvalue weighted by Crippen LogP contribution is 2.36. The van der Waals surface area contributed by atoms with Crippen LogP contribution in [0.15, 0.2) is 127 Å². The molecule has 0 aromatic heterocycles. The number of carbonyl (C=O) groups excluding carboxylic acids is 2. The van der Waals surface area contributed by atoms with Crippen molar-refractivity contribution in [1.82, 2.24) is 0 Å². The monoisotopic (exact) mass is 531 g/mol. The van der Waals surface area contributed by atoms with Crippen molar-refractivity contribution in [2.45, 2.75) is 6.92 Å². The van der Waals surface area contributed by atoms with E-state index in [1.807, 2.05) is 90.7 Å². The summed E-state index contributed by atoms with van der Waals surface area (Å²) in [4.78, 5) is 28.6. The standard InChI is InChI=1S/C33H26ClN3O2/c1-23-29(34)19-11-20-30(23)36-32(38)24-12-10-13-25(22-24)35-33(39)28-18-8-9-21-31(28)37(26-14-4-2-5-15-26)27-16-6-3-7-17-27/h2-22H,1H3,(H,35,39)(H,36,38). The number of hydrogen-bond donors (Lipinski definition) is 2. The first-order valence-electron chi connectivity index (χ1n) is 12.5. The normalized spacial score (nSPS) is 10.5. The molecule has 0 fully saturated rings. The molecular weight excluding hydrogens is 506 g/mol. The Morgan fingerprint density at radius 1 is 0.641 bits per heavy atom. The molecule has 0 unspecified atom stereocenters. The van der Waals surface area contributed by atoms with Gasteiger partial charge in [0, 0.05) is 33.3 Å². The van der Waals surface area contributed by atoms with E-state index in [1.54, 1.807) is 48.5 Å². The minimum Gasteiger partial charge on any atom is -0.322 e. The molecular formula is C33H26ClN3O2. The van der Waals surface area contributed by atoms with Crippen LogP contribution in [0.25, 0.3) is 0 Å². The first-order chi connectivity index (χ1) is 19.0. The lowest BCUT2D eigenvalue weighted by Gasteiger charge is -2.27. The Kier molecular flexibility index (Phi) is 7.71. The fraction of sp³-hybridized carbons (Fsp3) is 0.0303. The minimum atomic E-state index is -0.295. The highest BCUT2D eigenvalue weighted by Gasteiger charge is 2.20. The van der Waals surface area contributed by atoms with E-state index in [-0.39, 0.29) is 11.8 Å². The average molecular weight is 532 g/mol. The molecule has 0 saturated carbocycles. The molecule has 0 spiro atoms. The van der Waals surface area contributed by atoms with Crippen LogP contribution >= 0.6 is 11.6 Å². The van der Waals surface area contributed by atoms with Gasteiger partial charge in [-0.05, 0) is 79.2 Å². The summed E-state index contributed by atoms with van der Waals surface area (Å²) < 4.78 is 0. The van der Waals surface area contributed by atoms with E-state index in [9.17, 15) is 9.59 Å². The van der Waals surface area contributed by atoms with Crippen LogP contribution < -0.4 is 15.5 Å². The molecule has 0 aliphatic heterocycles. The van der Waals surface area contributed by atoms with Crippen LogP contribution in [0, 0.1) is 6.92 Å². The molecule has 0 heterocycles. The number of amides is 2. The molecule has 5 rings (SSSR count). The summed E-state index contributed by atoms with van der Waals surface area (Å²) >= 11 is 6.19. The van der Waals surface area contributed by atoms with Crippen molar-refractivity contribution in [3.8, 4) is 0 Å². The number of para-hydroxylation sites is 3. The number of anilines is 5. The Hall–Kier alpha value is -4.87. The van der Waals surface area contributed by atoms with E-state index in [0.717, 1.165) is 22.6 Å². The molecule has 0 saturated heterocycles. The van der Waals surface area contributed by atoms with E-state index in [1.165, 1.54) is 0 Å². The number of nitrogens with one attached hydrogen (secondary N) is 2. The van der Waals surface area contributed by atoms with Crippen molar-refractivity contribution < 1.29 is 9.59 Å². The van der Waals surface area contributed by atoms with Crippen molar-refractivity contribution in [1.29, 1.82) is 0 Å². The lowest BCUT2D eigenvalue weighted by Crippen LogP contribution is -2.19. The molecule has 2 N–H and O–H groups in total. The second-order valence-corrected chi connectivity index (χ2v) is 9.33. The maximum absolute atomic E-state index is 13.6. The molecule has 0 aliphatic rings. The zero-order valence-electron chi connectivity index (χ0n) is 21.3. The van der Waals surface area contributed by atoms with Crippen molar-refractivity contribution in [3.63, 3.8) is 0 Å². The van der Waals surface area contributed by atoms with Gasteiger partial charge in [-0.25, -0.2) is 0 Å². The Morgan fingerprint density at radius 2 is 1.26 bits per heavy atom. The SMILES string of the molecule is Cc1c(Cl)cccc1NC(=O)c1cccc(NC(=O)c2ccccc2N(c2ccccc2)c2ccccc2)c1. The fourth-order valence-electron chi connectivity index (χ4n) is 4.32. The smallest absolute Gasteiger partial charge is 0.257 e. The first kappa shape index (κ1) is 25.8. The second kappa shape index (κ2) is 11.7. The van der Waals surface area contributed by atoms with Crippen molar-refractivity contribution >= 4 is 51.9 Å². The highest BCUT2D eigenvalue weighted by atomic mass is 35.5. The van der Waals surface area contributed by atoms with Gasteiger partial charge in [-0.2, -0.15) is 0 Å². The van der Waals surface area contributed by atoms with Crippen LogP contribution in [0.3, 0.4) is 0 Å². The van der Waals surface area contributed by atoms with Gasteiger partial charge in [0.2, 0.25) is 0 Å². The van der Waals surface area contributed by atoms with Crippen LogP contribution in [-0.4, -0.2) is 11.8 Å². The van der Waals surface area contributed by atoms with Gasteiger partial charge in [0.15, 0.2) is 0 Å². The van der Waals surface area contributed by atoms with Gasteiger partial charge < -0.3 is 15.5 Å². The molecule has 0 bridgehead atoms. The van der Waals surface area contributed by atoms with Crippen LogP contribution in [0.2, 0.25) is 5.02 Å². The zero-order chi connectivity index (χ0) is 27.2. The van der Waals surface area contributed by atoms with Gasteiger partial charge in [-0.1, -0.05) is 72.3 Å². The van der Waals surface area contributed by atoms with Gasteiger partial charge >= 0.3 is 0 Å². The minimum absolute atomic E-state index is 0.286. The number of halogens is 1. The van der Waals surface area contributed by atoms with E-state index >= 15 is 0 Å². The summed E-state index contributed by atoms with van der Waals surface area (Å²) in [6.45, 7) is 1.85. The largest absolute Gasteiger partial charge is 0.322 e. The molecule has 0 atom stereocenters. The van der Waals surface area contributed by atoms with Gasteiger partial charge in [0.25, 0.3) is 11.8 Å². The molecule has 6 heteroatoms. The number of rotatable bonds is 7. The first-order valence-corrected chi connectivity index (χ1v) is 12.9. The summed E-state index contributed by atoms with van der Waals surface area (Å²) in [6, 6.07) is 39.5. The van der Waals surface area contributed by atoms with Crippen LogP contribution in [-0.2, 0) is 0 Å². The molecule has 0 aliphatic carbocycles. The quantitative estimate of drug-likeness (QED) is 0.221. The molecule has 5 aromatic carbocycles. The Bertz CT molecular complexity index is 1580. The third kappa shape index (κ3) is 5.84. The summed E-state index contributed by atoms with van der Waals surface area (Å²) in [5.41, 5.74) is 5.44. The lowest BCUT2D eigenvalue weighted by atomic mass is 10.1. The summed E-state index contributed by atoms with van der Waals surface area (Å²) in [5.74, 6) is -0.582. The zero-order valence-corrected chi connectivity index (χ0v) is 22.0. The molecule has 0 radical (unpaired) electrons. The second-order valence-electron chi connectivity index (χ2n) is 8.93. The van der Waals surface area contributed by atoms with Gasteiger partial charge in [0.05, 0.1) is 11.3 Å². The Balaban J connectivity index is 1.43. The van der Waals surface area contributed by atoms with Crippen LogP contribution in [0.1, 0.15) is 26.3 Å². The van der Waals surface area contributed by atoms with Crippen LogP contribution in [0.5, 0.6) is 0 Å². The van der Waals surface area contributed by atoms with Crippen molar-refractivity contribution in [2.24, 2.45) is 0 Å². The topological polar surface area (TPSA) is 61.4 Å². The number of carbonyl (C=O) groups is 2. The number of nitrogens with zero attached hydrogens (tertiary/aromatic N) is 1. The summed E-state index contributed by atoms with van der Waals surface area (Å²) in [6.07, 6.45) is 0. The molecule has 5 nitrogen and oxygen atoms in total. The van der Waals surface area contributed by atoms with E-state index in [4.69, 9.17) is 11.6 Å².